The summed E-state index contributed by atoms with van der Waals surface area (Å²) in [7, 11) is 0. The smallest absolute Gasteiger partial charge is 0.274 e. The molecular weight excluding hydrogens is 294 g/mol. The quantitative estimate of drug-likeness (QED) is 0.723. The lowest BCUT2D eigenvalue weighted by molar-refractivity contribution is 0.0784. The van der Waals surface area contributed by atoms with Gasteiger partial charge in [0, 0.05) is 25.5 Å². The lowest BCUT2D eigenvalue weighted by Gasteiger charge is -2.13. The fourth-order valence-electron chi connectivity index (χ4n) is 2.99. The van der Waals surface area contributed by atoms with Gasteiger partial charge in [0.15, 0.2) is 5.82 Å². The van der Waals surface area contributed by atoms with Gasteiger partial charge in [-0.1, -0.05) is 11.2 Å². The van der Waals surface area contributed by atoms with Gasteiger partial charge in [0.1, 0.15) is 11.3 Å². The molecular formula is C16H17N5O2. The molecule has 1 aliphatic heterocycles. The average Bonchev–Trinajstić information content (AvgIpc) is 3.23. The molecule has 0 saturated carbocycles. The van der Waals surface area contributed by atoms with Crippen LogP contribution in [0, 0.1) is 13.8 Å². The fraction of sp³-hybridized carbons (Fsp3) is 0.375. The fourth-order valence-corrected chi connectivity index (χ4v) is 2.99. The summed E-state index contributed by atoms with van der Waals surface area (Å²) in [5.41, 5.74) is 2.38. The third-order valence-corrected chi connectivity index (χ3v) is 4.19. The SMILES string of the molecule is Cc1ccc2nc(C(=O)N3CC[C@@H](c4nc(C)no4)C3)cn2c1. The lowest BCUT2D eigenvalue weighted by atomic mass is 10.1. The highest BCUT2D eigenvalue weighted by Gasteiger charge is 2.32. The van der Waals surface area contributed by atoms with Crippen molar-refractivity contribution in [3.63, 3.8) is 0 Å². The highest BCUT2D eigenvalue weighted by molar-refractivity contribution is 5.93. The third-order valence-electron chi connectivity index (χ3n) is 4.19. The Morgan fingerprint density at radius 1 is 1.26 bits per heavy atom. The third kappa shape index (κ3) is 2.48. The van der Waals surface area contributed by atoms with Crippen molar-refractivity contribution in [1.82, 2.24) is 24.4 Å². The van der Waals surface area contributed by atoms with Crippen LogP contribution >= 0.6 is 0 Å². The maximum atomic E-state index is 12.7. The van der Waals surface area contributed by atoms with E-state index in [0.29, 0.717) is 30.5 Å². The summed E-state index contributed by atoms with van der Waals surface area (Å²) in [6.45, 7) is 5.08. The topological polar surface area (TPSA) is 76.5 Å². The zero-order chi connectivity index (χ0) is 16.0. The number of nitrogens with zero attached hydrogens (tertiary/aromatic N) is 5. The van der Waals surface area contributed by atoms with Crippen molar-refractivity contribution in [3.8, 4) is 0 Å². The van der Waals surface area contributed by atoms with Crippen LogP contribution < -0.4 is 0 Å². The Morgan fingerprint density at radius 2 is 2.13 bits per heavy atom. The van der Waals surface area contributed by atoms with E-state index in [9.17, 15) is 4.79 Å². The van der Waals surface area contributed by atoms with Crippen LogP contribution in [0.15, 0.2) is 29.0 Å². The molecule has 1 fully saturated rings. The van der Waals surface area contributed by atoms with Crippen molar-refractivity contribution in [3.05, 3.63) is 47.5 Å². The van der Waals surface area contributed by atoms with E-state index in [2.05, 4.69) is 15.1 Å². The molecule has 3 aromatic rings. The van der Waals surface area contributed by atoms with Crippen LogP contribution in [0.5, 0.6) is 0 Å². The Bertz CT molecular complexity index is 882. The summed E-state index contributed by atoms with van der Waals surface area (Å²) in [6.07, 6.45) is 4.59. The first-order chi connectivity index (χ1) is 11.1. The Hall–Kier alpha value is -2.70. The molecule has 0 bridgehead atoms. The van der Waals surface area contributed by atoms with Crippen molar-refractivity contribution in [2.45, 2.75) is 26.2 Å². The largest absolute Gasteiger partial charge is 0.339 e. The van der Waals surface area contributed by atoms with Crippen molar-refractivity contribution in [2.24, 2.45) is 0 Å². The highest BCUT2D eigenvalue weighted by atomic mass is 16.5. The van der Waals surface area contributed by atoms with Crippen molar-refractivity contribution >= 4 is 11.6 Å². The number of hydrogen-bond acceptors (Lipinski definition) is 5. The Balaban J connectivity index is 1.54. The van der Waals surface area contributed by atoms with Gasteiger partial charge in [0.2, 0.25) is 5.89 Å². The minimum atomic E-state index is -0.0508. The van der Waals surface area contributed by atoms with E-state index in [4.69, 9.17) is 4.52 Å². The number of imidazole rings is 1. The van der Waals surface area contributed by atoms with Gasteiger partial charge in [-0.25, -0.2) is 4.98 Å². The number of likely N-dealkylation sites (tertiary alicyclic amines) is 1. The molecule has 1 amide bonds. The molecule has 0 N–H and O–H groups in total. The molecule has 4 heterocycles. The maximum absolute atomic E-state index is 12.7. The van der Waals surface area contributed by atoms with E-state index in [1.165, 1.54) is 0 Å². The predicted molar refractivity (Wildman–Crippen MR) is 82.2 cm³/mol. The summed E-state index contributed by atoms with van der Waals surface area (Å²) in [5, 5.41) is 3.82. The number of carbonyl (C=O) groups excluding carboxylic acids is 1. The molecule has 7 heteroatoms. The summed E-state index contributed by atoms with van der Waals surface area (Å²) in [5.74, 6) is 1.30. The standard InChI is InChI=1S/C16H17N5O2/c1-10-3-4-14-18-13(9-21(14)7-10)16(22)20-6-5-12(8-20)15-17-11(2)19-23-15/h3-4,7,9,12H,5-6,8H2,1-2H3/t12-/m1/s1. The van der Waals surface area contributed by atoms with Crippen LogP contribution in [0.2, 0.25) is 0 Å². The molecule has 1 saturated heterocycles. The first kappa shape index (κ1) is 13.9. The second-order valence-electron chi connectivity index (χ2n) is 6.01. The zero-order valence-electron chi connectivity index (χ0n) is 13.1. The van der Waals surface area contributed by atoms with Crippen LogP contribution in [-0.2, 0) is 0 Å². The predicted octanol–water partition coefficient (Wildman–Crippen LogP) is 1.96. The number of pyridine rings is 1. The summed E-state index contributed by atoms with van der Waals surface area (Å²) in [6, 6.07) is 3.90. The monoisotopic (exact) mass is 311 g/mol. The van der Waals surface area contributed by atoms with Crippen LogP contribution in [0.3, 0.4) is 0 Å². The number of aromatic nitrogens is 4. The normalized spacial score (nSPS) is 18.0. The highest BCUT2D eigenvalue weighted by Crippen LogP contribution is 2.27. The first-order valence-electron chi connectivity index (χ1n) is 7.65. The molecule has 0 aromatic carbocycles. The molecule has 0 unspecified atom stereocenters. The summed E-state index contributed by atoms with van der Waals surface area (Å²) in [4.78, 5) is 23.2. The van der Waals surface area contributed by atoms with Crippen LogP contribution in [0.25, 0.3) is 5.65 Å². The van der Waals surface area contributed by atoms with E-state index < -0.39 is 0 Å². The van der Waals surface area contributed by atoms with Gasteiger partial charge >= 0.3 is 0 Å². The first-order valence-corrected chi connectivity index (χ1v) is 7.65. The van der Waals surface area contributed by atoms with Crippen LogP contribution in [0.4, 0.5) is 0 Å². The van der Waals surface area contributed by atoms with Gasteiger partial charge in [0.25, 0.3) is 5.91 Å². The van der Waals surface area contributed by atoms with Gasteiger partial charge in [-0.15, -0.1) is 0 Å². The number of hydrogen-bond donors (Lipinski definition) is 0. The van der Waals surface area contributed by atoms with E-state index in [-0.39, 0.29) is 11.8 Å². The second kappa shape index (κ2) is 5.19. The molecule has 0 aliphatic carbocycles. The number of rotatable bonds is 2. The second-order valence-corrected chi connectivity index (χ2v) is 6.01. The molecule has 0 radical (unpaired) electrons. The maximum Gasteiger partial charge on any atom is 0.274 e. The van der Waals surface area contributed by atoms with Crippen LogP contribution in [-0.4, -0.2) is 43.4 Å². The Kier molecular flexibility index (Phi) is 3.14. The molecule has 23 heavy (non-hydrogen) atoms. The number of aryl methyl sites for hydroxylation is 2. The summed E-state index contributed by atoms with van der Waals surface area (Å²) < 4.78 is 7.11. The van der Waals surface area contributed by atoms with Crippen LogP contribution in [0.1, 0.15) is 40.1 Å². The molecule has 4 rings (SSSR count). The van der Waals surface area contributed by atoms with Crippen molar-refractivity contribution in [2.75, 3.05) is 13.1 Å². The number of fused-ring (bicyclic) bond motifs is 1. The van der Waals surface area contributed by atoms with E-state index in [0.717, 1.165) is 17.6 Å². The Morgan fingerprint density at radius 3 is 2.91 bits per heavy atom. The minimum Gasteiger partial charge on any atom is -0.339 e. The van der Waals surface area contributed by atoms with Gasteiger partial charge in [-0.05, 0) is 31.9 Å². The van der Waals surface area contributed by atoms with Crippen molar-refractivity contribution < 1.29 is 9.32 Å². The zero-order valence-corrected chi connectivity index (χ0v) is 13.1. The van der Waals surface area contributed by atoms with E-state index in [1.807, 2.05) is 29.7 Å². The molecule has 118 valence electrons. The molecule has 3 aromatic heterocycles. The molecule has 1 aliphatic rings. The molecule has 7 nitrogen and oxygen atoms in total. The van der Waals surface area contributed by atoms with Crippen molar-refractivity contribution in [1.29, 1.82) is 0 Å². The van der Waals surface area contributed by atoms with E-state index in [1.54, 1.807) is 18.0 Å². The van der Waals surface area contributed by atoms with Gasteiger partial charge in [-0.3, -0.25) is 4.79 Å². The van der Waals surface area contributed by atoms with E-state index >= 15 is 0 Å². The van der Waals surface area contributed by atoms with Gasteiger partial charge in [0.05, 0.1) is 5.92 Å². The van der Waals surface area contributed by atoms with Gasteiger partial charge in [-0.2, -0.15) is 4.98 Å². The average molecular weight is 311 g/mol. The molecule has 0 spiro atoms. The summed E-state index contributed by atoms with van der Waals surface area (Å²) >= 11 is 0. The number of carbonyl (C=O) groups is 1. The number of amides is 1. The lowest BCUT2D eigenvalue weighted by Crippen LogP contribution is -2.28. The van der Waals surface area contributed by atoms with Gasteiger partial charge < -0.3 is 13.8 Å². The minimum absolute atomic E-state index is 0.0508. The Labute approximate surface area is 132 Å². The molecule has 1 atom stereocenters.